The number of carbonyl (C=O) groups is 1. The number of hydrogen-bond acceptors (Lipinski definition) is 5. The van der Waals surface area contributed by atoms with Crippen LogP contribution in [-0.4, -0.2) is 58.3 Å². The van der Waals surface area contributed by atoms with E-state index < -0.39 is 11.7 Å². The minimum Gasteiger partial charge on any atom is -0.456 e. The maximum absolute atomic E-state index is 14.0. The largest absolute Gasteiger partial charge is 0.456 e. The first-order valence-corrected chi connectivity index (χ1v) is 13.6. The van der Waals surface area contributed by atoms with Crippen molar-refractivity contribution in [3.8, 4) is 11.5 Å². The number of carbonyl (C=O) groups excluding carboxylic acids is 1. The summed E-state index contributed by atoms with van der Waals surface area (Å²) < 4.78 is 48.2. The van der Waals surface area contributed by atoms with Crippen LogP contribution in [0.15, 0.2) is 54.7 Å². The number of halogens is 4. The van der Waals surface area contributed by atoms with Crippen molar-refractivity contribution in [3.63, 3.8) is 0 Å². The summed E-state index contributed by atoms with van der Waals surface area (Å²) in [5, 5.41) is 0.981. The number of hydrogen-bond donors (Lipinski definition) is 1. The molecule has 2 aromatic carbocycles. The van der Waals surface area contributed by atoms with Crippen LogP contribution in [-0.2, 0) is 19.1 Å². The molecule has 0 aliphatic carbocycles. The number of aromatic amines is 1. The number of Topliss-reactive ketones (excluding diaryl/α,β-unsaturated/α-hetero) is 1. The first-order chi connectivity index (χ1) is 19.1. The molecule has 0 unspecified atom stereocenters. The Hall–Kier alpha value is -3.40. The second kappa shape index (κ2) is 11.6. The van der Waals surface area contributed by atoms with E-state index in [1.807, 2.05) is 17.9 Å². The number of aromatic nitrogens is 2. The number of ketones is 1. The molecule has 1 saturated heterocycles. The number of H-pyrrole nitrogens is 1. The average Bonchev–Trinajstić information content (AvgIpc) is 3.39. The van der Waals surface area contributed by atoms with Gasteiger partial charge in [0.15, 0.2) is 5.78 Å². The lowest BCUT2D eigenvalue weighted by molar-refractivity contribution is -0.138. The Morgan fingerprint density at radius 2 is 1.77 bits per heavy atom. The van der Waals surface area contributed by atoms with Crippen molar-refractivity contribution in [2.75, 3.05) is 32.7 Å². The molecular formula is C30H30ClF3N4O2. The minimum atomic E-state index is -4.51. The number of ether oxygens (including phenoxy) is 1. The topological polar surface area (TPSA) is 61.5 Å². The fraction of sp³-hybridized carbons (Fsp3) is 0.333. The van der Waals surface area contributed by atoms with Crippen LogP contribution in [0.5, 0.6) is 11.5 Å². The molecule has 10 heteroatoms. The molecule has 5 rings (SSSR count). The van der Waals surface area contributed by atoms with Gasteiger partial charge in [0.25, 0.3) is 0 Å². The maximum atomic E-state index is 14.0. The number of aryl methyl sites for hydroxylation is 1. The molecule has 0 radical (unpaired) electrons. The Labute approximate surface area is 235 Å². The summed E-state index contributed by atoms with van der Waals surface area (Å²) >= 11 is 6.13. The van der Waals surface area contributed by atoms with Crippen molar-refractivity contribution in [2.45, 2.75) is 33.0 Å². The molecule has 0 amide bonds. The average molecular weight is 571 g/mol. The van der Waals surface area contributed by atoms with Crippen molar-refractivity contribution in [3.05, 3.63) is 87.7 Å². The molecule has 0 atom stereocenters. The zero-order chi connectivity index (χ0) is 28.4. The van der Waals surface area contributed by atoms with Crippen molar-refractivity contribution >= 4 is 28.4 Å². The predicted octanol–water partition coefficient (Wildman–Crippen LogP) is 6.90. The molecule has 6 nitrogen and oxygen atoms in total. The number of benzene rings is 2. The number of fused-ring (bicyclic) bond motifs is 1. The highest BCUT2D eigenvalue weighted by Gasteiger charge is 2.34. The molecule has 1 aliphatic rings. The van der Waals surface area contributed by atoms with Gasteiger partial charge in [0, 0.05) is 57.0 Å². The fourth-order valence-corrected chi connectivity index (χ4v) is 5.17. The van der Waals surface area contributed by atoms with Crippen LogP contribution in [0.4, 0.5) is 13.2 Å². The molecule has 40 heavy (non-hydrogen) atoms. The zero-order valence-corrected chi connectivity index (χ0v) is 23.1. The summed E-state index contributed by atoms with van der Waals surface area (Å²) in [4.78, 5) is 24.7. The Morgan fingerprint density at radius 1 is 1.02 bits per heavy atom. The van der Waals surface area contributed by atoms with Crippen LogP contribution >= 0.6 is 11.6 Å². The monoisotopic (exact) mass is 570 g/mol. The number of piperazine rings is 1. The van der Waals surface area contributed by atoms with Crippen LogP contribution in [0.25, 0.3) is 11.0 Å². The van der Waals surface area contributed by atoms with Crippen molar-refractivity contribution in [1.82, 2.24) is 19.8 Å². The first-order valence-electron chi connectivity index (χ1n) is 13.2. The van der Waals surface area contributed by atoms with E-state index in [-0.39, 0.29) is 29.5 Å². The summed E-state index contributed by atoms with van der Waals surface area (Å²) in [7, 11) is 0. The molecule has 210 valence electrons. The SMILES string of the molecule is CCN1CCN(Cc2ccc(CC(=O)c3ccc(C)c(Oc4cc(Cl)nc5[nH]ccc45)c3)cc2C(F)(F)F)CC1. The molecule has 1 fully saturated rings. The van der Waals surface area contributed by atoms with Gasteiger partial charge in [0.2, 0.25) is 0 Å². The van der Waals surface area contributed by atoms with Gasteiger partial charge in [-0.1, -0.05) is 42.8 Å². The minimum absolute atomic E-state index is 0.163. The Kier molecular flexibility index (Phi) is 8.16. The lowest BCUT2D eigenvalue weighted by Crippen LogP contribution is -2.45. The standard InChI is InChI=1S/C30H30ClF3N4O2/c1-3-37-10-12-38(13-11-37)18-22-7-5-20(14-24(22)30(32,33)34)15-25(39)21-6-4-19(2)26(16-21)40-27-17-28(31)36-29-23(27)8-9-35-29/h4-9,14,16-17H,3,10-13,15,18H2,1-2H3,(H,35,36). The predicted molar refractivity (Wildman–Crippen MR) is 149 cm³/mol. The lowest BCUT2D eigenvalue weighted by Gasteiger charge is -2.34. The molecule has 1 aliphatic heterocycles. The molecule has 2 aromatic heterocycles. The van der Waals surface area contributed by atoms with E-state index in [2.05, 4.69) is 21.8 Å². The zero-order valence-electron chi connectivity index (χ0n) is 22.3. The third kappa shape index (κ3) is 6.32. The van der Waals surface area contributed by atoms with Gasteiger partial charge in [-0.15, -0.1) is 0 Å². The van der Waals surface area contributed by atoms with E-state index in [0.717, 1.165) is 49.7 Å². The van der Waals surface area contributed by atoms with Crippen LogP contribution in [0, 0.1) is 6.92 Å². The van der Waals surface area contributed by atoms with E-state index >= 15 is 0 Å². The second-order valence-corrected chi connectivity index (χ2v) is 10.5. The van der Waals surface area contributed by atoms with Gasteiger partial charge in [-0.3, -0.25) is 9.69 Å². The summed E-state index contributed by atoms with van der Waals surface area (Å²) in [6.07, 6.45) is -2.95. The summed E-state index contributed by atoms with van der Waals surface area (Å²) in [5.74, 6) is 0.622. The van der Waals surface area contributed by atoms with Gasteiger partial charge in [-0.2, -0.15) is 13.2 Å². The highest BCUT2D eigenvalue weighted by molar-refractivity contribution is 6.30. The molecule has 4 aromatic rings. The number of nitrogens with one attached hydrogen (secondary N) is 1. The van der Waals surface area contributed by atoms with Gasteiger partial charge in [0.05, 0.1) is 10.9 Å². The summed E-state index contributed by atoms with van der Waals surface area (Å²) in [5.41, 5.74) is 1.56. The normalized spacial score (nSPS) is 15.1. The molecular weight excluding hydrogens is 541 g/mol. The highest BCUT2D eigenvalue weighted by Crippen LogP contribution is 2.35. The van der Waals surface area contributed by atoms with Gasteiger partial charge in [-0.05, 0) is 48.4 Å². The molecule has 0 spiro atoms. The van der Waals surface area contributed by atoms with E-state index in [0.29, 0.717) is 28.3 Å². The van der Waals surface area contributed by atoms with Crippen LogP contribution in [0.2, 0.25) is 5.15 Å². The number of nitrogens with zero attached hydrogens (tertiary/aromatic N) is 3. The van der Waals surface area contributed by atoms with Crippen LogP contribution in [0.1, 0.15) is 39.5 Å². The molecule has 3 heterocycles. The van der Waals surface area contributed by atoms with Crippen molar-refractivity contribution < 1.29 is 22.7 Å². The quantitative estimate of drug-likeness (QED) is 0.184. The van der Waals surface area contributed by atoms with Crippen LogP contribution in [0.3, 0.4) is 0 Å². The first kappa shape index (κ1) is 28.1. The van der Waals surface area contributed by atoms with E-state index in [9.17, 15) is 18.0 Å². The molecule has 0 bridgehead atoms. The third-order valence-corrected chi connectivity index (χ3v) is 7.53. The number of likely N-dealkylation sites (N-methyl/N-ethyl adjacent to an activating group) is 1. The number of alkyl halides is 3. The second-order valence-electron chi connectivity index (χ2n) is 10.1. The van der Waals surface area contributed by atoms with Gasteiger partial charge in [0.1, 0.15) is 22.3 Å². The van der Waals surface area contributed by atoms with E-state index in [4.69, 9.17) is 16.3 Å². The molecule has 0 saturated carbocycles. The van der Waals surface area contributed by atoms with E-state index in [1.165, 1.54) is 6.07 Å². The summed E-state index contributed by atoms with van der Waals surface area (Å²) in [6.45, 7) is 8.24. The van der Waals surface area contributed by atoms with Gasteiger partial charge < -0.3 is 14.6 Å². The van der Waals surface area contributed by atoms with E-state index in [1.54, 1.807) is 36.5 Å². The molecule has 1 N–H and O–H groups in total. The highest BCUT2D eigenvalue weighted by atomic mass is 35.5. The van der Waals surface area contributed by atoms with Crippen LogP contribution < -0.4 is 4.74 Å². The number of rotatable bonds is 8. The Balaban J connectivity index is 1.34. The van der Waals surface area contributed by atoms with Gasteiger partial charge in [-0.25, -0.2) is 4.98 Å². The Morgan fingerprint density at radius 3 is 2.50 bits per heavy atom. The fourth-order valence-electron chi connectivity index (χ4n) is 4.99. The third-order valence-electron chi connectivity index (χ3n) is 7.34. The Bertz CT molecular complexity index is 1530. The van der Waals surface area contributed by atoms with Gasteiger partial charge >= 0.3 is 6.18 Å². The smallest absolute Gasteiger partial charge is 0.416 e. The summed E-state index contributed by atoms with van der Waals surface area (Å²) in [6, 6.07) is 12.7. The number of pyridine rings is 1. The maximum Gasteiger partial charge on any atom is 0.416 e. The van der Waals surface area contributed by atoms with Crippen molar-refractivity contribution in [2.24, 2.45) is 0 Å². The van der Waals surface area contributed by atoms with Crippen molar-refractivity contribution in [1.29, 1.82) is 0 Å². The lowest BCUT2D eigenvalue weighted by atomic mass is 9.97.